The average Bonchev–Trinajstić information content (AvgIpc) is 3.36. The maximum atomic E-state index is 12.9. The molecule has 0 radical (unpaired) electrons. The molecule has 0 saturated heterocycles. The van der Waals surface area contributed by atoms with Crippen LogP contribution >= 0.6 is 11.3 Å². The SMILES string of the molecule is CCOC(=O)N(C)c1ccc(NC(=O)c2cc(OC)c(OCc3cscn3)cc2[N+](=O)[O-])cc1. The van der Waals surface area contributed by atoms with Crippen molar-refractivity contribution in [2.45, 2.75) is 13.5 Å². The van der Waals surface area contributed by atoms with Crippen LogP contribution in [0.2, 0.25) is 0 Å². The van der Waals surface area contributed by atoms with E-state index >= 15 is 0 Å². The van der Waals surface area contributed by atoms with E-state index in [0.29, 0.717) is 17.1 Å². The second kappa shape index (κ2) is 11.1. The highest BCUT2D eigenvalue weighted by Gasteiger charge is 2.25. The van der Waals surface area contributed by atoms with Gasteiger partial charge in [-0.1, -0.05) is 0 Å². The third-order valence-corrected chi connectivity index (χ3v) is 5.27. The first-order chi connectivity index (χ1) is 16.3. The molecule has 0 bridgehead atoms. The molecule has 2 aromatic carbocycles. The minimum atomic E-state index is -0.706. The normalized spacial score (nSPS) is 10.3. The van der Waals surface area contributed by atoms with Gasteiger partial charge in [0.2, 0.25) is 0 Å². The number of nitro benzene ring substituents is 1. The van der Waals surface area contributed by atoms with E-state index in [1.807, 2.05) is 0 Å². The number of ether oxygens (including phenoxy) is 3. The Kier molecular flexibility index (Phi) is 7.98. The molecule has 0 aliphatic carbocycles. The number of carbonyl (C=O) groups excluding carboxylic acids is 2. The molecule has 3 aromatic rings. The van der Waals surface area contributed by atoms with Gasteiger partial charge in [-0.05, 0) is 31.2 Å². The first-order valence-corrected chi connectivity index (χ1v) is 11.0. The molecule has 0 aliphatic heterocycles. The summed E-state index contributed by atoms with van der Waals surface area (Å²) in [6.45, 7) is 2.04. The zero-order valence-corrected chi connectivity index (χ0v) is 19.5. The third kappa shape index (κ3) is 5.78. The van der Waals surface area contributed by atoms with Crippen LogP contribution < -0.4 is 19.7 Å². The van der Waals surface area contributed by atoms with Gasteiger partial charge < -0.3 is 19.5 Å². The Labute approximate surface area is 199 Å². The summed E-state index contributed by atoms with van der Waals surface area (Å²) in [4.78, 5) is 41.1. The number of nitrogens with zero attached hydrogens (tertiary/aromatic N) is 3. The minimum Gasteiger partial charge on any atom is -0.493 e. The molecular formula is C22H22N4O7S. The highest BCUT2D eigenvalue weighted by Crippen LogP contribution is 2.35. The number of thiazole rings is 1. The molecule has 12 heteroatoms. The Balaban J connectivity index is 1.80. The summed E-state index contributed by atoms with van der Waals surface area (Å²) >= 11 is 1.40. The molecule has 0 spiro atoms. The van der Waals surface area contributed by atoms with E-state index in [9.17, 15) is 19.7 Å². The van der Waals surface area contributed by atoms with Crippen LogP contribution in [0.1, 0.15) is 23.0 Å². The number of methoxy groups -OCH3 is 1. The number of hydrogen-bond acceptors (Lipinski definition) is 9. The molecule has 0 unspecified atom stereocenters. The van der Waals surface area contributed by atoms with Gasteiger partial charge in [0.25, 0.3) is 11.6 Å². The maximum absolute atomic E-state index is 12.9. The second-order valence-electron chi connectivity index (χ2n) is 6.80. The van der Waals surface area contributed by atoms with Crippen LogP contribution in [0.5, 0.6) is 11.5 Å². The second-order valence-corrected chi connectivity index (χ2v) is 7.52. The number of carbonyl (C=O) groups is 2. The predicted octanol–water partition coefficient (Wildman–Crippen LogP) is 4.48. The van der Waals surface area contributed by atoms with Crippen molar-refractivity contribution in [2.75, 3.05) is 31.0 Å². The summed E-state index contributed by atoms with van der Waals surface area (Å²) in [5, 5.41) is 16.1. The van der Waals surface area contributed by atoms with Gasteiger partial charge in [-0.3, -0.25) is 19.8 Å². The summed E-state index contributed by atoms with van der Waals surface area (Å²) in [5.41, 5.74) is 2.59. The summed E-state index contributed by atoms with van der Waals surface area (Å²) in [7, 11) is 2.93. The molecule has 178 valence electrons. The van der Waals surface area contributed by atoms with Crippen molar-refractivity contribution in [1.82, 2.24) is 4.98 Å². The van der Waals surface area contributed by atoms with Crippen molar-refractivity contribution in [3.8, 4) is 11.5 Å². The summed E-state index contributed by atoms with van der Waals surface area (Å²) in [5.74, 6) is -0.426. The predicted molar refractivity (Wildman–Crippen MR) is 126 cm³/mol. The quantitative estimate of drug-likeness (QED) is 0.346. The van der Waals surface area contributed by atoms with Gasteiger partial charge in [0.1, 0.15) is 12.2 Å². The van der Waals surface area contributed by atoms with Crippen molar-refractivity contribution in [1.29, 1.82) is 0 Å². The van der Waals surface area contributed by atoms with E-state index in [4.69, 9.17) is 14.2 Å². The molecule has 0 saturated carbocycles. The first kappa shape index (κ1) is 24.5. The van der Waals surface area contributed by atoms with E-state index in [1.165, 1.54) is 29.4 Å². The lowest BCUT2D eigenvalue weighted by Gasteiger charge is -2.17. The van der Waals surface area contributed by atoms with Gasteiger partial charge in [0, 0.05) is 29.9 Å². The molecule has 1 heterocycles. The molecular weight excluding hydrogens is 464 g/mol. The average molecular weight is 487 g/mol. The Morgan fingerprint density at radius 2 is 1.94 bits per heavy atom. The molecule has 0 atom stereocenters. The molecule has 2 amide bonds. The number of rotatable bonds is 9. The fourth-order valence-corrected chi connectivity index (χ4v) is 3.45. The van der Waals surface area contributed by atoms with Crippen molar-refractivity contribution in [3.05, 3.63) is 68.7 Å². The molecule has 34 heavy (non-hydrogen) atoms. The Morgan fingerprint density at radius 3 is 2.53 bits per heavy atom. The minimum absolute atomic E-state index is 0.0924. The van der Waals surface area contributed by atoms with Crippen molar-refractivity contribution < 1.29 is 28.7 Å². The van der Waals surface area contributed by atoms with E-state index in [2.05, 4.69) is 10.3 Å². The molecule has 0 fully saturated rings. The van der Waals surface area contributed by atoms with Crippen molar-refractivity contribution in [2.24, 2.45) is 0 Å². The van der Waals surface area contributed by atoms with Crippen LogP contribution in [-0.4, -0.2) is 42.7 Å². The van der Waals surface area contributed by atoms with Crippen LogP contribution in [0.3, 0.4) is 0 Å². The van der Waals surface area contributed by atoms with Gasteiger partial charge in [-0.15, -0.1) is 11.3 Å². The van der Waals surface area contributed by atoms with E-state index in [0.717, 1.165) is 6.07 Å². The smallest absolute Gasteiger partial charge is 0.413 e. The van der Waals surface area contributed by atoms with Crippen LogP contribution in [0.25, 0.3) is 0 Å². The Bertz CT molecular complexity index is 1170. The Hall–Kier alpha value is -4.19. The molecule has 1 N–H and O–H groups in total. The standard InChI is InChI=1S/C22H22N4O7S/c1-4-32-22(28)25(2)16-7-5-14(6-8-16)24-21(27)17-9-19(31-3)20(10-18(17)26(29)30)33-11-15-12-34-13-23-15/h5-10,12-13H,4,11H2,1-3H3,(H,24,27). The number of hydrogen-bond donors (Lipinski definition) is 1. The monoisotopic (exact) mass is 486 g/mol. The lowest BCUT2D eigenvalue weighted by molar-refractivity contribution is -0.385. The lowest BCUT2D eigenvalue weighted by Crippen LogP contribution is -2.26. The molecule has 0 aliphatic rings. The number of nitro groups is 1. The number of aromatic nitrogens is 1. The van der Waals surface area contributed by atoms with Crippen LogP contribution in [0.15, 0.2) is 47.3 Å². The van der Waals surface area contributed by atoms with Crippen molar-refractivity contribution in [3.63, 3.8) is 0 Å². The lowest BCUT2D eigenvalue weighted by atomic mass is 10.1. The molecule has 3 rings (SSSR count). The fourth-order valence-electron chi connectivity index (χ4n) is 2.91. The highest BCUT2D eigenvalue weighted by molar-refractivity contribution is 7.07. The Morgan fingerprint density at radius 1 is 1.21 bits per heavy atom. The zero-order valence-electron chi connectivity index (χ0n) is 18.6. The van der Waals surface area contributed by atoms with Crippen LogP contribution in [0.4, 0.5) is 21.9 Å². The number of benzene rings is 2. The number of nitrogens with one attached hydrogen (secondary N) is 1. The fraction of sp³-hybridized carbons (Fsp3) is 0.227. The first-order valence-electron chi connectivity index (χ1n) is 10.0. The van der Waals surface area contributed by atoms with Crippen LogP contribution in [-0.2, 0) is 11.3 Å². The summed E-state index contributed by atoms with van der Waals surface area (Å²) in [6, 6.07) is 8.76. The van der Waals surface area contributed by atoms with Crippen LogP contribution in [0, 0.1) is 10.1 Å². The highest BCUT2D eigenvalue weighted by atomic mass is 32.1. The van der Waals surface area contributed by atoms with E-state index in [-0.39, 0.29) is 30.3 Å². The van der Waals surface area contributed by atoms with Gasteiger partial charge >= 0.3 is 6.09 Å². The number of amides is 2. The van der Waals surface area contributed by atoms with Gasteiger partial charge in [0.15, 0.2) is 11.5 Å². The van der Waals surface area contributed by atoms with E-state index in [1.54, 1.807) is 49.1 Å². The van der Waals surface area contributed by atoms with Gasteiger partial charge in [0.05, 0.1) is 35.9 Å². The van der Waals surface area contributed by atoms with Gasteiger partial charge in [-0.25, -0.2) is 9.78 Å². The third-order valence-electron chi connectivity index (χ3n) is 4.64. The number of anilines is 2. The maximum Gasteiger partial charge on any atom is 0.413 e. The molecule has 1 aromatic heterocycles. The molecule has 11 nitrogen and oxygen atoms in total. The van der Waals surface area contributed by atoms with Gasteiger partial charge in [-0.2, -0.15) is 0 Å². The zero-order chi connectivity index (χ0) is 24.7. The summed E-state index contributed by atoms with van der Waals surface area (Å²) in [6.07, 6.45) is -0.515. The summed E-state index contributed by atoms with van der Waals surface area (Å²) < 4.78 is 15.9. The van der Waals surface area contributed by atoms with E-state index < -0.39 is 22.6 Å². The van der Waals surface area contributed by atoms with Crippen molar-refractivity contribution >= 4 is 40.4 Å². The largest absolute Gasteiger partial charge is 0.493 e. The topological polar surface area (TPSA) is 133 Å².